The summed E-state index contributed by atoms with van der Waals surface area (Å²) in [5.41, 5.74) is -0.709. The van der Waals surface area contributed by atoms with Crippen molar-refractivity contribution >= 4 is 23.3 Å². The highest BCUT2D eigenvalue weighted by atomic mass is 19.1. The van der Waals surface area contributed by atoms with Crippen molar-refractivity contribution in [2.24, 2.45) is 23.7 Å². The van der Waals surface area contributed by atoms with Crippen LogP contribution in [0.15, 0.2) is 30.4 Å². The second-order valence-electron chi connectivity index (χ2n) is 5.73. The highest BCUT2D eigenvalue weighted by molar-refractivity contribution is 5.96. The molecule has 1 aromatic rings. The quantitative estimate of drug-likeness (QED) is 0.502. The minimum Gasteiger partial charge on any atom is -0.550 e. The Morgan fingerprint density at radius 1 is 1.22 bits per heavy atom. The Hall–Kier alpha value is -2.77. The second-order valence-corrected chi connectivity index (χ2v) is 5.73. The smallest absolute Gasteiger partial charge is 0.306 e. The molecule has 1 aromatic carbocycles. The maximum absolute atomic E-state index is 13.3. The van der Waals surface area contributed by atoms with Crippen molar-refractivity contribution in [1.29, 1.82) is 0 Å². The zero-order valence-electron chi connectivity index (χ0n) is 11.8. The SMILES string of the molecule is O=C([O-])[C@H]1[C@H](C(=O)Nc2ccc(F)c([N+](=O)[O-])c2)[C@H]2C=C[C@@H]1C2. The number of nitrogens with zero attached hydrogens (tertiary/aromatic N) is 1. The molecule has 1 fully saturated rings. The normalized spacial score (nSPS) is 27.9. The fourth-order valence-corrected chi connectivity index (χ4v) is 3.46. The second kappa shape index (κ2) is 5.45. The number of carboxylic acids is 1. The van der Waals surface area contributed by atoms with E-state index in [0.29, 0.717) is 6.42 Å². The molecular weight excluding hydrogens is 307 g/mol. The van der Waals surface area contributed by atoms with Crippen molar-refractivity contribution in [3.05, 3.63) is 46.3 Å². The third kappa shape index (κ3) is 2.56. The molecule has 1 amide bonds. The third-order valence-corrected chi connectivity index (χ3v) is 4.44. The molecule has 1 saturated carbocycles. The minimum atomic E-state index is -1.29. The predicted octanol–water partition coefficient (Wildman–Crippen LogP) is 0.861. The first kappa shape index (κ1) is 15.1. The lowest BCUT2D eigenvalue weighted by Crippen LogP contribution is -2.42. The summed E-state index contributed by atoms with van der Waals surface area (Å²) >= 11 is 0. The number of hydrogen-bond acceptors (Lipinski definition) is 5. The molecule has 3 rings (SSSR count). The number of fused-ring (bicyclic) bond motifs is 2. The van der Waals surface area contributed by atoms with Gasteiger partial charge in [0.1, 0.15) is 0 Å². The molecule has 0 unspecified atom stereocenters. The number of carbonyl (C=O) groups excluding carboxylic acids is 2. The minimum absolute atomic E-state index is 0.0481. The zero-order valence-corrected chi connectivity index (χ0v) is 11.8. The molecule has 2 bridgehead atoms. The summed E-state index contributed by atoms with van der Waals surface area (Å²) in [7, 11) is 0. The van der Waals surface area contributed by atoms with Gasteiger partial charge in [-0.05, 0) is 30.4 Å². The fraction of sp³-hybridized carbons (Fsp3) is 0.333. The van der Waals surface area contributed by atoms with E-state index in [1.165, 1.54) is 6.07 Å². The van der Waals surface area contributed by atoms with E-state index in [0.717, 1.165) is 12.1 Å². The van der Waals surface area contributed by atoms with Crippen molar-refractivity contribution in [3.63, 3.8) is 0 Å². The number of amides is 1. The van der Waals surface area contributed by atoms with Crippen LogP contribution >= 0.6 is 0 Å². The molecule has 0 spiro atoms. The van der Waals surface area contributed by atoms with Gasteiger partial charge in [0.2, 0.25) is 11.7 Å². The van der Waals surface area contributed by atoms with E-state index >= 15 is 0 Å². The number of nitro benzene ring substituents is 1. The number of hydrogen-bond donors (Lipinski definition) is 1. The lowest BCUT2D eigenvalue weighted by molar-refractivity contribution is -0.387. The van der Waals surface area contributed by atoms with Crippen LogP contribution < -0.4 is 10.4 Å². The number of carbonyl (C=O) groups is 2. The molecule has 0 radical (unpaired) electrons. The standard InChI is InChI=1S/C15H13FN2O5/c16-10-4-3-9(6-11(10)18(22)23)17-14(19)12-7-1-2-8(5-7)13(12)15(20)21/h1-4,6-8,12-13H,5H2,(H,17,19)(H,20,21)/p-1/t7-,8+,12+,13+/m0/s1. The number of aliphatic carboxylic acids is 1. The maximum Gasteiger partial charge on any atom is 0.306 e. The lowest BCUT2D eigenvalue weighted by Gasteiger charge is -2.27. The average Bonchev–Trinajstić information content (AvgIpc) is 3.09. The van der Waals surface area contributed by atoms with E-state index in [-0.39, 0.29) is 17.5 Å². The van der Waals surface area contributed by atoms with Crippen LogP contribution in [0.1, 0.15) is 6.42 Å². The molecular formula is C15H12FN2O5-. The van der Waals surface area contributed by atoms with Crippen LogP contribution in [-0.2, 0) is 9.59 Å². The Labute approximate surface area is 130 Å². The number of halogens is 1. The number of carboxylic acid groups (broad SMARTS) is 1. The van der Waals surface area contributed by atoms with Crippen LogP contribution in [0.2, 0.25) is 0 Å². The van der Waals surface area contributed by atoms with Crippen molar-refractivity contribution in [3.8, 4) is 0 Å². The van der Waals surface area contributed by atoms with Crippen LogP contribution in [-0.4, -0.2) is 16.8 Å². The molecule has 2 aliphatic rings. The van der Waals surface area contributed by atoms with Gasteiger partial charge in [-0.3, -0.25) is 14.9 Å². The molecule has 120 valence electrons. The molecule has 0 aliphatic heterocycles. The summed E-state index contributed by atoms with van der Waals surface area (Å²) in [6, 6.07) is 2.98. The number of rotatable bonds is 4. The molecule has 2 aliphatic carbocycles. The lowest BCUT2D eigenvalue weighted by atomic mass is 9.82. The van der Waals surface area contributed by atoms with Gasteiger partial charge >= 0.3 is 5.69 Å². The summed E-state index contributed by atoms with van der Waals surface area (Å²) in [4.78, 5) is 33.5. The van der Waals surface area contributed by atoms with Gasteiger partial charge in [0.15, 0.2) is 0 Å². The number of nitro groups is 1. The van der Waals surface area contributed by atoms with Crippen molar-refractivity contribution in [2.45, 2.75) is 6.42 Å². The first-order valence-corrected chi connectivity index (χ1v) is 7.02. The van der Waals surface area contributed by atoms with Crippen LogP contribution in [0.4, 0.5) is 15.8 Å². The Kier molecular flexibility index (Phi) is 3.59. The Morgan fingerprint density at radius 3 is 2.48 bits per heavy atom. The fourth-order valence-electron chi connectivity index (χ4n) is 3.46. The summed E-state index contributed by atoms with van der Waals surface area (Å²) in [5.74, 6) is -4.99. The molecule has 1 N–H and O–H groups in total. The molecule has 0 aromatic heterocycles. The highest BCUT2D eigenvalue weighted by Crippen LogP contribution is 2.48. The zero-order chi connectivity index (χ0) is 16.7. The van der Waals surface area contributed by atoms with Crippen LogP contribution in [0.25, 0.3) is 0 Å². The van der Waals surface area contributed by atoms with Gasteiger partial charge in [-0.2, -0.15) is 4.39 Å². The number of anilines is 1. The van der Waals surface area contributed by atoms with Crippen molar-refractivity contribution in [2.75, 3.05) is 5.32 Å². The monoisotopic (exact) mass is 319 g/mol. The van der Waals surface area contributed by atoms with Gasteiger partial charge < -0.3 is 15.2 Å². The van der Waals surface area contributed by atoms with Crippen LogP contribution in [0, 0.1) is 39.6 Å². The summed E-state index contributed by atoms with van der Waals surface area (Å²) < 4.78 is 13.3. The first-order chi connectivity index (χ1) is 10.9. The van der Waals surface area contributed by atoms with E-state index in [2.05, 4.69) is 5.32 Å². The van der Waals surface area contributed by atoms with Gasteiger partial charge in [0.05, 0.1) is 10.8 Å². The molecule has 0 heterocycles. The van der Waals surface area contributed by atoms with Gasteiger partial charge in [0, 0.05) is 23.6 Å². The molecule has 7 nitrogen and oxygen atoms in total. The predicted molar refractivity (Wildman–Crippen MR) is 74.4 cm³/mol. The van der Waals surface area contributed by atoms with Gasteiger partial charge in [0.25, 0.3) is 0 Å². The molecule has 4 atom stereocenters. The van der Waals surface area contributed by atoms with E-state index in [1.54, 1.807) is 6.08 Å². The van der Waals surface area contributed by atoms with E-state index < -0.39 is 40.1 Å². The topological polar surface area (TPSA) is 112 Å². The van der Waals surface area contributed by atoms with Gasteiger partial charge in [-0.15, -0.1) is 0 Å². The molecule has 0 saturated heterocycles. The molecule has 23 heavy (non-hydrogen) atoms. The number of benzene rings is 1. The summed E-state index contributed by atoms with van der Waals surface area (Å²) in [5, 5.41) is 24.4. The van der Waals surface area contributed by atoms with E-state index in [1.807, 2.05) is 6.08 Å². The van der Waals surface area contributed by atoms with Crippen LogP contribution in [0.5, 0.6) is 0 Å². The largest absolute Gasteiger partial charge is 0.550 e. The van der Waals surface area contributed by atoms with Crippen molar-refractivity contribution in [1.82, 2.24) is 0 Å². The average molecular weight is 319 g/mol. The Bertz CT molecular complexity index is 733. The summed E-state index contributed by atoms with van der Waals surface area (Å²) in [6.07, 6.45) is 4.15. The number of nitrogens with one attached hydrogen (secondary N) is 1. The van der Waals surface area contributed by atoms with Crippen molar-refractivity contribution < 1.29 is 24.0 Å². The third-order valence-electron chi connectivity index (χ3n) is 4.44. The Balaban J connectivity index is 1.82. The van der Waals surface area contributed by atoms with E-state index in [4.69, 9.17) is 0 Å². The first-order valence-electron chi connectivity index (χ1n) is 7.02. The van der Waals surface area contributed by atoms with Crippen LogP contribution in [0.3, 0.4) is 0 Å². The van der Waals surface area contributed by atoms with E-state index in [9.17, 15) is 29.2 Å². The Morgan fingerprint density at radius 2 is 1.87 bits per heavy atom. The van der Waals surface area contributed by atoms with Gasteiger partial charge in [-0.1, -0.05) is 12.2 Å². The van der Waals surface area contributed by atoms with Gasteiger partial charge in [-0.25, -0.2) is 0 Å². The maximum atomic E-state index is 13.3. The molecule has 8 heteroatoms. The number of allylic oxidation sites excluding steroid dienone is 2. The summed E-state index contributed by atoms with van der Waals surface area (Å²) in [6.45, 7) is 0. The highest BCUT2D eigenvalue weighted by Gasteiger charge is 2.48.